The fourth-order valence-electron chi connectivity index (χ4n) is 3.16. The molecule has 1 aliphatic heterocycles. The number of halogens is 2. The Balaban J connectivity index is 0.00000338. The summed E-state index contributed by atoms with van der Waals surface area (Å²) in [5.41, 5.74) is 1.22. The number of carbonyl (C=O) groups is 1. The van der Waals surface area contributed by atoms with Crippen LogP contribution in [-0.4, -0.2) is 64.4 Å². The molecular weight excluding hydrogens is 389 g/mol. The Morgan fingerprint density at radius 3 is 2.37 bits per heavy atom. The molecule has 0 aromatic heterocycles. The second-order valence-corrected chi connectivity index (χ2v) is 6.36. The lowest BCUT2D eigenvalue weighted by Gasteiger charge is -2.35. The second-order valence-electron chi connectivity index (χ2n) is 6.36. The number of likely N-dealkylation sites (tertiary alicyclic amines) is 1. The van der Waals surface area contributed by atoms with E-state index in [1.165, 1.54) is 24.8 Å². The Hall–Kier alpha value is -1.05. The van der Waals surface area contributed by atoms with Crippen LogP contribution in [0.1, 0.15) is 30.9 Å². The van der Waals surface area contributed by atoms with Gasteiger partial charge in [-0.15, -0.1) is 24.8 Å². The maximum Gasteiger partial charge on any atom is 0.234 e. The lowest BCUT2D eigenvalue weighted by molar-refractivity contribution is -0.120. The van der Waals surface area contributed by atoms with E-state index in [1.807, 2.05) is 12.1 Å². The van der Waals surface area contributed by atoms with Crippen LogP contribution in [-0.2, 0) is 9.53 Å². The first-order valence-electron chi connectivity index (χ1n) is 9.09. The van der Waals surface area contributed by atoms with E-state index in [1.54, 1.807) is 14.2 Å². The summed E-state index contributed by atoms with van der Waals surface area (Å²) < 4.78 is 10.2. The van der Waals surface area contributed by atoms with Gasteiger partial charge < -0.3 is 20.1 Å². The van der Waals surface area contributed by atoms with Crippen LogP contribution >= 0.6 is 24.8 Å². The molecule has 8 heteroatoms. The molecular formula is C19H33Cl2N3O3. The van der Waals surface area contributed by atoms with Crippen LogP contribution < -0.4 is 15.4 Å². The summed E-state index contributed by atoms with van der Waals surface area (Å²) in [6, 6.07) is 8.37. The molecule has 0 bridgehead atoms. The highest BCUT2D eigenvalue weighted by atomic mass is 35.5. The van der Waals surface area contributed by atoms with Crippen LogP contribution in [0.3, 0.4) is 0 Å². The molecule has 1 aliphatic rings. The summed E-state index contributed by atoms with van der Waals surface area (Å²) in [4.78, 5) is 14.5. The summed E-state index contributed by atoms with van der Waals surface area (Å²) in [5, 5.41) is 6.15. The Morgan fingerprint density at radius 1 is 1.11 bits per heavy atom. The lowest BCUT2D eigenvalue weighted by Crippen LogP contribution is -2.43. The van der Waals surface area contributed by atoms with Crippen LogP contribution in [0.5, 0.6) is 5.75 Å². The van der Waals surface area contributed by atoms with Gasteiger partial charge >= 0.3 is 0 Å². The molecule has 1 amide bonds. The van der Waals surface area contributed by atoms with Crippen LogP contribution in [0.2, 0.25) is 0 Å². The minimum Gasteiger partial charge on any atom is -0.497 e. The highest BCUT2D eigenvalue weighted by molar-refractivity contribution is 5.85. The first-order chi connectivity index (χ1) is 12.2. The first-order valence-corrected chi connectivity index (χ1v) is 9.09. The van der Waals surface area contributed by atoms with Crippen molar-refractivity contribution in [1.29, 1.82) is 0 Å². The number of hydrogen-bond acceptors (Lipinski definition) is 5. The fourth-order valence-corrected chi connectivity index (χ4v) is 3.16. The Bertz CT molecular complexity index is 511. The molecule has 156 valence electrons. The number of carbonyl (C=O) groups excluding carboxylic acids is 1. The molecule has 2 rings (SSSR count). The molecule has 1 saturated heterocycles. The van der Waals surface area contributed by atoms with Gasteiger partial charge in [-0.05, 0) is 43.6 Å². The van der Waals surface area contributed by atoms with Crippen LogP contribution in [0.15, 0.2) is 24.3 Å². The molecule has 1 unspecified atom stereocenters. The van der Waals surface area contributed by atoms with Crippen LogP contribution in [0.25, 0.3) is 0 Å². The molecule has 27 heavy (non-hydrogen) atoms. The average molecular weight is 422 g/mol. The van der Waals surface area contributed by atoms with E-state index in [-0.39, 0.29) is 36.8 Å². The van der Waals surface area contributed by atoms with Gasteiger partial charge in [0.15, 0.2) is 0 Å². The van der Waals surface area contributed by atoms with Crippen molar-refractivity contribution in [3.63, 3.8) is 0 Å². The number of hydrogen-bond donors (Lipinski definition) is 2. The SMILES string of the molecule is COCCNCC(=O)NCC(c1ccc(OC)cc1)N1CCCCC1.Cl.Cl. The maximum absolute atomic E-state index is 12.1. The molecule has 1 atom stereocenters. The number of piperidine rings is 1. The average Bonchev–Trinajstić information content (AvgIpc) is 2.67. The summed E-state index contributed by atoms with van der Waals surface area (Å²) in [7, 11) is 3.33. The molecule has 0 spiro atoms. The quantitative estimate of drug-likeness (QED) is 0.567. The van der Waals surface area contributed by atoms with Gasteiger partial charge in [-0.2, -0.15) is 0 Å². The van der Waals surface area contributed by atoms with E-state index in [4.69, 9.17) is 9.47 Å². The van der Waals surface area contributed by atoms with Gasteiger partial charge in [-0.1, -0.05) is 18.6 Å². The number of ether oxygens (including phenoxy) is 2. The van der Waals surface area contributed by atoms with Crippen molar-refractivity contribution < 1.29 is 14.3 Å². The predicted octanol–water partition coefficient (Wildman–Crippen LogP) is 2.42. The fraction of sp³-hybridized carbons (Fsp3) is 0.632. The van der Waals surface area contributed by atoms with Gasteiger partial charge in [0.05, 0.1) is 26.3 Å². The summed E-state index contributed by atoms with van der Waals surface area (Å²) >= 11 is 0. The standard InChI is InChI=1S/C19H31N3O3.2ClH/c1-24-13-10-20-15-19(23)21-14-18(22-11-4-3-5-12-22)16-6-8-17(25-2)9-7-16;;/h6-9,18,20H,3-5,10-15H2,1-2H3,(H,21,23);2*1H. The molecule has 1 aromatic carbocycles. The van der Waals surface area contributed by atoms with E-state index >= 15 is 0 Å². The molecule has 1 aromatic rings. The van der Waals surface area contributed by atoms with E-state index in [0.29, 0.717) is 26.2 Å². The van der Waals surface area contributed by atoms with Gasteiger partial charge in [0.2, 0.25) is 5.91 Å². The van der Waals surface area contributed by atoms with Crippen LogP contribution in [0.4, 0.5) is 0 Å². The van der Waals surface area contributed by atoms with Crippen LogP contribution in [0, 0.1) is 0 Å². The largest absolute Gasteiger partial charge is 0.497 e. The highest BCUT2D eigenvalue weighted by Gasteiger charge is 2.22. The van der Waals surface area contributed by atoms with E-state index in [0.717, 1.165) is 18.8 Å². The van der Waals surface area contributed by atoms with E-state index < -0.39 is 0 Å². The van der Waals surface area contributed by atoms with Gasteiger partial charge in [0.25, 0.3) is 0 Å². The number of nitrogens with zero attached hydrogens (tertiary/aromatic N) is 1. The normalized spacial score (nSPS) is 15.2. The number of nitrogens with one attached hydrogen (secondary N) is 2. The van der Waals surface area contributed by atoms with Gasteiger partial charge in [0.1, 0.15) is 5.75 Å². The monoisotopic (exact) mass is 421 g/mol. The lowest BCUT2D eigenvalue weighted by atomic mass is 10.0. The Labute approximate surface area is 175 Å². The van der Waals surface area contributed by atoms with Crippen molar-refractivity contribution in [1.82, 2.24) is 15.5 Å². The van der Waals surface area contributed by atoms with Crippen molar-refractivity contribution in [2.75, 3.05) is 53.6 Å². The minimum atomic E-state index is 0. The molecule has 6 nitrogen and oxygen atoms in total. The Kier molecular flexibility index (Phi) is 14.4. The zero-order valence-corrected chi connectivity index (χ0v) is 17.9. The van der Waals surface area contributed by atoms with Crippen molar-refractivity contribution in [2.45, 2.75) is 25.3 Å². The molecule has 1 fully saturated rings. The Morgan fingerprint density at radius 2 is 1.78 bits per heavy atom. The molecule has 0 aliphatic carbocycles. The topological polar surface area (TPSA) is 62.8 Å². The molecule has 1 heterocycles. The third-order valence-electron chi connectivity index (χ3n) is 4.59. The van der Waals surface area contributed by atoms with Gasteiger partial charge in [0, 0.05) is 20.2 Å². The van der Waals surface area contributed by atoms with E-state index in [9.17, 15) is 4.79 Å². The summed E-state index contributed by atoms with van der Waals surface area (Å²) in [5.74, 6) is 0.874. The van der Waals surface area contributed by atoms with Gasteiger partial charge in [-0.3, -0.25) is 9.69 Å². The molecule has 2 N–H and O–H groups in total. The summed E-state index contributed by atoms with van der Waals surface area (Å²) in [6.07, 6.45) is 3.74. The first kappa shape index (κ1) is 26.0. The maximum atomic E-state index is 12.1. The van der Waals surface area contributed by atoms with Crippen molar-refractivity contribution in [3.8, 4) is 5.75 Å². The van der Waals surface area contributed by atoms with Crippen molar-refractivity contribution in [3.05, 3.63) is 29.8 Å². The predicted molar refractivity (Wildman–Crippen MR) is 113 cm³/mol. The number of rotatable bonds is 10. The molecule has 0 radical (unpaired) electrons. The third kappa shape index (κ3) is 9.12. The summed E-state index contributed by atoms with van der Waals surface area (Å²) in [6.45, 7) is 4.39. The minimum absolute atomic E-state index is 0. The number of methoxy groups -OCH3 is 2. The van der Waals surface area contributed by atoms with Gasteiger partial charge in [-0.25, -0.2) is 0 Å². The second kappa shape index (κ2) is 14.9. The zero-order valence-electron chi connectivity index (χ0n) is 16.2. The molecule has 0 saturated carbocycles. The zero-order chi connectivity index (χ0) is 17.9. The number of amides is 1. The van der Waals surface area contributed by atoms with E-state index in [2.05, 4.69) is 27.7 Å². The number of benzene rings is 1. The highest BCUT2D eigenvalue weighted by Crippen LogP contribution is 2.25. The smallest absolute Gasteiger partial charge is 0.234 e. The van der Waals surface area contributed by atoms with Crippen molar-refractivity contribution >= 4 is 30.7 Å². The third-order valence-corrected chi connectivity index (χ3v) is 4.59. The van der Waals surface area contributed by atoms with Crippen molar-refractivity contribution in [2.24, 2.45) is 0 Å².